The Morgan fingerprint density at radius 1 is 1.10 bits per heavy atom. The number of alkyl halides is 3. The molecule has 0 spiro atoms. The molecule has 2 aromatic carbocycles. The molecule has 0 aliphatic carbocycles. The van der Waals surface area contributed by atoms with Gasteiger partial charge in [-0.15, -0.1) is 0 Å². The van der Waals surface area contributed by atoms with Gasteiger partial charge in [0, 0.05) is 17.0 Å². The highest BCUT2D eigenvalue weighted by atomic mass is 19.4. The fourth-order valence-electron chi connectivity index (χ4n) is 3.01. The maximum Gasteiger partial charge on any atom is 0.416 e. The van der Waals surface area contributed by atoms with Gasteiger partial charge in [0.25, 0.3) is 5.91 Å². The average molecular weight is 401 g/mol. The van der Waals surface area contributed by atoms with Gasteiger partial charge in [-0.2, -0.15) is 23.4 Å². The Hall–Kier alpha value is -3.49. The van der Waals surface area contributed by atoms with E-state index in [4.69, 9.17) is 10.9 Å². The number of halogens is 3. The van der Waals surface area contributed by atoms with Gasteiger partial charge in [0.05, 0.1) is 11.1 Å². The van der Waals surface area contributed by atoms with Gasteiger partial charge in [0.15, 0.2) is 0 Å². The number of hydrogen-bond donors (Lipinski definition) is 3. The molecular weight excluding hydrogens is 383 g/mol. The third kappa shape index (κ3) is 4.03. The number of fused-ring (bicyclic) bond motifs is 1. The van der Waals surface area contributed by atoms with Crippen molar-refractivity contribution in [3.63, 3.8) is 0 Å². The Kier molecular flexibility index (Phi) is 5.23. The minimum atomic E-state index is -4.44. The Morgan fingerprint density at radius 2 is 1.76 bits per heavy atom. The van der Waals surface area contributed by atoms with Crippen LogP contribution in [0.15, 0.2) is 53.8 Å². The van der Waals surface area contributed by atoms with Gasteiger partial charge in [-0.1, -0.05) is 23.4 Å². The molecule has 3 aromatic rings. The maximum absolute atomic E-state index is 12.8. The molecule has 1 aromatic heterocycles. The number of benzene rings is 2. The molecule has 6 nitrogen and oxygen atoms in total. The number of nitrogens with one attached hydrogen (secondary N) is 3. The summed E-state index contributed by atoms with van der Waals surface area (Å²) in [6.07, 6.45) is -4.44. The molecule has 9 heteroatoms. The zero-order valence-corrected chi connectivity index (χ0v) is 15.6. The van der Waals surface area contributed by atoms with Crippen LogP contribution in [0, 0.1) is 10.9 Å². The highest BCUT2D eigenvalue weighted by molar-refractivity contribution is 6.01. The van der Waals surface area contributed by atoms with Crippen molar-refractivity contribution in [3.8, 4) is 11.1 Å². The Labute approximate surface area is 164 Å². The highest BCUT2D eigenvalue weighted by Crippen LogP contribution is 2.33. The van der Waals surface area contributed by atoms with Crippen LogP contribution >= 0.6 is 0 Å². The van der Waals surface area contributed by atoms with E-state index in [1.165, 1.54) is 24.3 Å². The van der Waals surface area contributed by atoms with E-state index in [0.717, 1.165) is 16.8 Å². The molecular formula is C20H18F3N5O. The molecule has 1 amide bonds. The van der Waals surface area contributed by atoms with Crippen molar-refractivity contribution in [1.82, 2.24) is 9.99 Å². The first kappa shape index (κ1) is 20.2. The van der Waals surface area contributed by atoms with E-state index in [9.17, 15) is 18.0 Å². The van der Waals surface area contributed by atoms with Crippen molar-refractivity contribution in [2.75, 3.05) is 0 Å². The van der Waals surface area contributed by atoms with Crippen molar-refractivity contribution in [1.29, 1.82) is 10.9 Å². The molecule has 1 heterocycles. The molecule has 0 saturated carbocycles. The number of carbonyl (C=O) groups is 1. The zero-order valence-electron chi connectivity index (χ0n) is 15.6. The summed E-state index contributed by atoms with van der Waals surface area (Å²) in [5.41, 5.74) is 8.12. The first-order chi connectivity index (χ1) is 13.6. The van der Waals surface area contributed by atoms with Gasteiger partial charge in [0.2, 0.25) is 0 Å². The van der Waals surface area contributed by atoms with Gasteiger partial charge < -0.3 is 5.32 Å². The van der Waals surface area contributed by atoms with Crippen molar-refractivity contribution >= 4 is 16.8 Å². The largest absolute Gasteiger partial charge is 0.416 e. The van der Waals surface area contributed by atoms with Crippen LogP contribution in [0.2, 0.25) is 0 Å². The number of pyridine rings is 1. The molecule has 29 heavy (non-hydrogen) atoms. The van der Waals surface area contributed by atoms with Crippen LogP contribution in [0.5, 0.6) is 0 Å². The number of aromatic nitrogens is 1. The first-order valence-electron chi connectivity index (χ1n) is 8.72. The van der Waals surface area contributed by atoms with E-state index >= 15 is 0 Å². The lowest BCUT2D eigenvalue weighted by Crippen LogP contribution is -2.30. The third-order valence-electron chi connectivity index (χ3n) is 4.33. The van der Waals surface area contributed by atoms with Crippen molar-refractivity contribution in [2.24, 2.45) is 5.22 Å². The SMILES string of the molecule is CC(C)NC(=O)c1ccc2c(-c3ccc(C(F)(F)F)cc3)cc(=N)n(N=N)c2c1. The fraction of sp³-hybridized carbons (Fsp3) is 0.200. The molecule has 3 N–H and O–H groups in total. The van der Waals surface area contributed by atoms with Gasteiger partial charge in [-0.25, -0.2) is 0 Å². The van der Waals surface area contributed by atoms with E-state index in [-0.39, 0.29) is 17.4 Å². The van der Waals surface area contributed by atoms with E-state index in [1.54, 1.807) is 12.1 Å². The monoisotopic (exact) mass is 401 g/mol. The van der Waals surface area contributed by atoms with E-state index in [0.29, 0.717) is 27.6 Å². The Balaban J connectivity index is 2.20. The van der Waals surface area contributed by atoms with E-state index < -0.39 is 11.7 Å². The lowest BCUT2D eigenvalue weighted by molar-refractivity contribution is -0.137. The Morgan fingerprint density at radius 3 is 2.31 bits per heavy atom. The van der Waals surface area contributed by atoms with Gasteiger partial charge in [-0.05, 0) is 55.3 Å². The normalized spacial score (nSPS) is 11.7. The van der Waals surface area contributed by atoms with Crippen molar-refractivity contribution < 1.29 is 18.0 Å². The van der Waals surface area contributed by atoms with Crippen molar-refractivity contribution in [2.45, 2.75) is 26.1 Å². The number of nitrogens with zero attached hydrogens (tertiary/aromatic N) is 2. The topological polar surface area (TPSA) is 94.1 Å². The molecule has 0 aliphatic heterocycles. The Bertz CT molecular complexity index is 1150. The number of rotatable bonds is 4. The van der Waals surface area contributed by atoms with Gasteiger partial charge >= 0.3 is 6.18 Å². The molecule has 150 valence electrons. The van der Waals surface area contributed by atoms with Crippen LogP contribution in [-0.2, 0) is 6.18 Å². The summed E-state index contributed by atoms with van der Waals surface area (Å²) in [5.74, 6) is -0.315. The standard InChI is InChI=1S/C20H18F3N5O/c1-11(2)26-19(29)13-5-8-15-16(10-18(24)28(27-25)17(15)9-13)12-3-6-14(7-4-12)20(21,22)23/h3-11,24-25H,1-2H3,(H,26,29). The summed E-state index contributed by atoms with van der Waals surface area (Å²) in [5, 5.41) is 14.8. The lowest BCUT2D eigenvalue weighted by Gasteiger charge is -2.14. The van der Waals surface area contributed by atoms with Gasteiger partial charge in [-0.3, -0.25) is 10.2 Å². The summed E-state index contributed by atoms with van der Waals surface area (Å²) < 4.78 is 39.6. The number of carbonyl (C=O) groups excluding carboxylic acids is 1. The van der Waals surface area contributed by atoms with Crippen LogP contribution in [0.3, 0.4) is 0 Å². The first-order valence-corrected chi connectivity index (χ1v) is 8.72. The van der Waals surface area contributed by atoms with Gasteiger partial charge in [0.1, 0.15) is 5.49 Å². The van der Waals surface area contributed by atoms with E-state index in [1.807, 2.05) is 13.8 Å². The van der Waals surface area contributed by atoms with Crippen LogP contribution in [-0.4, -0.2) is 16.6 Å². The molecule has 0 saturated heterocycles. The quantitative estimate of drug-likeness (QED) is 0.541. The van der Waals surface area contributed by atoms with Crippen LogP contribution in [0.4, 0.5) is 13.2 Å². The third-order valence-corrected chi connectivity index (χ3v) is 4.33. The minimum Gasteiger partial charge on any atom is -0.350 e. The average Bonchev–Trinajstić information content (AvgIpc) is 2.66. The summed E-state index contributed by atoms with van der Waals surface area (Å²) in [4.78, 5) is 12.3. The fourth-order valence-corrected chi connectivity index (χ4v) is 3.01. The van der Waals surface area contributed by atoms with Crippen LogP contribution < -0.4 is 10.8 Å². The van der Waals surface area contributed by atoms with Crippen molar-refractivity contribution in [3.05, 3.63) is 65.1 Å². The molecule has 0 unspecified atom stereocenters. The predicted octanol–water partition coefficient (Wildman–Crippen LogP) is 4.74. The predicted molar refractivity (Wildman–Crippen MR) is 101 cm³/mol. The molecule has 3 rings (SSSR count). The van der Waals surface area contributed by atoms with E-state index in [2.05, 4.69) is 10.5 Å². The summed E-state index contributed by atoms with van der Waals surface area (Å²) in [6.45, 7) is 3.64. The zero-order chi connectivity index (χ0) is 21.3. The molecule has 0 bridgehead atoms. The number of hydrogen-bond acceptors (Lipinski definition) is 4. The number of amides is 1. The minimum absolute atomic E-state index is 0.0728. The summed E-state index contributed by atoms with van der Waals surface area (Å²) in [7, 11) is 0. The lowest BCUT2D eigenvalue weighted by atomic mass is 9.98. The summed E-state index contributed by atoms with van der Waals surface area (Å²) >= 11 is 0. The molecule has 0 fully saturated rings. The highest BCUT2D eigenvalue weighted by Gasteiger charge is 2.30. The second-order valence-electron chi connectivity index (χ2n) is 6.79. The molecule has 0 radical (unpaired) electrons. The molecule has 0 atom stereocenters. The second-order valence-corrected chi connectivity index (χ2v) is 6.79. The van der Waals surface area contributed by atoms with Crippen LogP contribution in [0.1, 0.15) is 29.8 Å². The summed E-state index contributed by atoms with van der Waals surface area (Å²) in [6, 6.07) is 10.7. The maximum atomic E-state index is 12.8. The second kappa shape index (κ2) is 7.50. The van der Waals surface area contributed by atoms with Crippen LogP contribution in [0.25, 0.3) is 22.0 Å². The smallest absolute Gasteiger partial charge is 0.350 e. The molecule has 0 aliphatic rings.